The van der Waals surface area contributed by atoms with Gasteiger partial charge in [-0.2, -0.15) is 0 Å². The lowest BCUT2D eigenvalue weighted by Gasteiger charge is -2.16. The quantitative estimate of drug-likeness (QED) is 0.188. The molecule has 0 spiro atoms. The number of para-hydroxylation sites is 4. The summed E-state index contributed by atoms with van der Waals surface area (Å²) in [4.78, 5) is 15.6. The van der Waals surface area contributed by atoms with E-state index in [1.165, 1.54) is 0 Å². The van der Waals surface area contributed by atoms with Gasteiger partial charge in [0.2, 0.25) is 5.95 Å². The average molecular weight is 664 g/mol. The van der Waals surface area contributed by atoms with E-state index in [1.54, 1.807) is 0 Å². The van der Waals surface area contributed by atoms with Crippen molar-refractivity contribution in [2.24, 2.45) is 0 Å². The smallest absolute Gasteiger partial charge is 0.235 e. The number of hydrogen-bond acceptors (Lipinski definition) is 3. The Kier molecular flexibility index (Phi) is 6.18. The topological polar surface area (TPSA) is 48.5 Å². The molecule has 7 aromatic carbocycles. The van der Waals surface area contributed by atoms with Gasteiger partial charge in [0.15, 0.2) is 0 Å². The largest absolute Gasteiger partial charge is 0.316 e. The molecule has 11 rings (SSSR count). The minimum atomic E-state index is 0.657. The molecule has 0 bridgehead atoms. The van der Waals surface area contributed by atoms with Crippen LogP contribution in [0.15, 0.2) is 176 Å². The maximum absolute atomic E-state index is 5.25. The predicted molar refractivity (Wildman–Crippen MR) is 214 cm³/mol. The van der Waals surface area contributed by atoms with Crippen LogP contribution in [0.25, 0.3) is 99.8 Å². The molecule has 5 heteroatoms. The van der Waals surface area contributed by atoms with Gasteiger partial charge in [-0.1, -0.05) is 115 Å². The van der Waals surface area contributed by atoms with Crippen molar-refractivity contribution in [3.63, 3.8) is 0 Å². The Morgan fingerprint density at radius 3 is 1.75 bits per heavy atom. The molecule has 2 aromatic heterocycles. The molecule has 0 saturated carbocycles. The van der Waals surface area contributed by atoms with Gasteiger partial charge < -0.3 is 4.57 Å². The van der Waals surface area contributed by atoms with E-state index in [-0.39, 0.29) is 0 Å². The normalized spacial score (nSPS) is 11.8. The molecule has 0 atom stereocenters. The van der Waals surface area contributed by atoms with Crippen LogP contribution in [-0.2, 0) is 0 Å². The Labute approximate surface area is 299 Å². The number of hydrogen-bond donors (Lipinski definition) is 0. The van der Waals surface area contributed by atoms with Crippen molar-refractivity contribution in [2.45, 2.75) is 0 Å². The monoisotopic (exact) mass is 663 g/mol. The second kappa shape index (κ2) is 11.2. The Morgan fingerprint density at radius 1 is 0.365 bits per heavy atom. The molecule has 5 nitrogen and oxygen atoms in total. The second-order valence-electron chi connectivity index (χ2n) is 13.3. The summed E-state index contributed by atoms with van der Waals surface area (Å²) in [5.41, 5.74) is 12.7. The van der Waals surface area contributed by atoms with E-state index >= 15 is 0 Å². The molecule has 0 fully saturated rings. The highest BCUT2D eigenvalue weighted by Gasteiger charge is 2.21. The van der Waals surface area contributed by atoms with Crippen LogP contribution >= 0.6 is 0 Å². The summed E-state index contributed by atoms with van der Waals surface area (Å²) in [6.45, 7) is 0. The number of fused-ring (bicyclic) bond motifs is 9. The number of pyridine rings is 1. The van der Waals surface area contributed by atoms with Crippen LogP contribution in [0.4, 0.5) is 0 Å². The number of aromatic nitrogens is 5. The Bertz CT molecular complexity index is 3120. The number of benzene rings is 7. The molecule has 4 heterocycles. The lowest BCUT2D eigenvalue weighted by Crippen LogP contribution is -2.03. The van der Waals surface area contributed by atoms with Crippen LogP contribution in [0, 0.1) is 0 Å². The van der Waals surface area contributed by atoms with Gasteiger partial charge in [-0.3, -0.25) is 4.57 Å². The van der Waals surface area contributed by atoms with E-state index in [4.69, 9.17) is 15.0 Å². The molecule has 0 N–H and O–H groups in total. The molecule has 0 radical (unpaired) electrons. The van der Waals surface area contributed by atoms with E-state index < -0.39 is 0 Å². The molecule has 0 unspecified atom stereocenters. The van der Waals surface area contributed by atoms with Gasteiger partial charge in [0, 0.05) is 49.9 Å². The molecular weight excluding hydrogens is 635 g/mol. The van der Waals surface area contributed by atoms with E-state index in [9.17, 15) is 0 Å². The Hall–Kier alpha value is -7.11. The lowest BCUT2D eigenvalue weighted by atomic mass is 9.98. The van der Waals surface area contributed by atoms with Gasteiger partial charge in [0.05, 0.1) is 39.0 Å². The first kappa shape index (κ1) is 28.7. The molecule has 52 heavy (non-hydrogen) atoms. The third-order valence-corrected chi connectivity index (χ3v) is 10.3. The van der Waals surface area contributed by atoms with Crippen molar-refractivity contribution < 1.29 is 0 Å². The van der Waals surface area contributed by atoms with Gasteiger partial charge in [-0.25, -0.2) is 15.0 Å². The van der Waals surface area contributed by atoms with Gasteiger partial charge in [0.25, 0.3) is 0 Å². The van der Waals surface area contributed by atoms with Crippen molar-refractivity contribution in [3.05, 3.63) is 176 Å². The molecule has 0 amide bonds. The highest BCUT2D eigenvalue weighted by atomic mass is 15.2. The van der Waals surface area contributed by atoms with Crippen LogP contribution in [0.5, 0.6) is 0 Å². The fraction of sp³-hybridized carbons (Fsp3) is 0. The number of nitrogens with zero attached hydrogens (tertiary/aromatic N) is 5. The fourth-order valence-electron chi connectivity index (χ4n) is 7.91. The zero-order chi connectivity index (χ0) is 34.2. The Balaban J connectivity index is 1.13. The van der Waals surface area contributed by atoms with Crippen LogP contribution in [0.1, 0.15) is 0 Å². The van der Waals surface area contributed by atoms with E-state index in [0.29, 0.717) is 5.95 Å². The molecule has 2 aliphatic rings. The Morgan fingerprint density at radius 2 is 0.962 bits per heavy atom. The maximum atomic E-state index is 5.25. The highest BCUT2D eigenvalue weighted by molar-refractivity contribution is 6.11. The molecule has 242 valence electrons. The molecule has 0 aliphatic carbocycles. The highest BCUT2D eigenvalue weighted by Crippen LogP contribution is 2.41. The number of rotatable bonds is 4. The van der Waals surface area contributed by atoms with Gasteiger partial charge >= 0.3 is 0 Å². The van der Waals surface area contributed by atoms with Crippen LogP contribution in [-0.4, -0.2) is 24.1 Å². The predicted octanol–water partition coefficient (Wildman–Crippen LogP) is 11.7. The van der Waals surface area contributed by atoms with Crippen molar-refractivity contribution in [2.75, 3.05) is 0 Å². The van der Waals surface area contributed by atoms with Crippen LogP contribution in [0.3, 0.4) is 0 Å². The minimum absolute atomic E-state index is 0.657. The molecule has 0 saturated heterocycles. The van der Waals surface area contributed by atoms with Crippen molar-refractivity contribution in [3.8, 4) is 45.3 Å². The summed E-state index contributed by atoms with van der Waals surface area (Å²) in [5, 5.41) is 5.63. The molecular formula is C47H29N5. The summed E-state index contributed by atoms with van der Waals surface area (Å²) in [6.07, 6.45) is 2.24. The minimum Gasteiger partial charge on any atom is -0.316 e. The summed E-state index contributed by atoms with van der Waals surface area (Å²) in [7, 11) is 0. The van der Waals surface area contributed by atoms with E-state index in [0.717, 1.165) is 93.8 Å². The van der Waals surface area contributed by atoms with Crippen molar-refractivity contribution in [1.29, 1.82) is 0 Å². The maximum Gasteiger partial charge on any atom is 0.235 e. The lowest BCUT2D eigenvalue weighted by molar-refractivity contribution is 1.01. The SMILES string of the molecule is c1ccc(-c2nc(-n3c4ccccc4c4cc(-c5ccc6c(c5)c5nc7ccccc7c-5cn6-c5ccccc5)ccc43)nc3ccccc23)cc1. The summed E-state index contributed by atoms with van der Waals surface area (Å²) in [6, 6.07) is 59.7. The standard InChI is InChI=1S/C47H29N5/c1-3-13-30(14-4-1)45-36-19-8-11-21-41(36)49-47(50-45)52-43-22-12-9-18-35(43)37-27-31(24-26-44(37)52)32-23-25-42-38(28-32)46-39(34-17-7-10-20-40(34)48-46)29-51(42)33-15-5-2-6-16-33/h1-29H. The van der Waals surface area contributed by atoms with Crippen LogP contribution in [0.2, 0.25) is 0 Å². The van der Waals surface area contributed by atoms with E-state index in [2.05, 4.69) is 173 Å². The first-order valence-corrected chi connectivity index (χ1v) is 17.5. The third kappa shape index (κ3) is 4.33. The zero-order valence-electron chi connectivity index (χ0n) is 28.0. The first-order chi connectivity index (χ1) is 25.8. The van der Waals surface area contributed by atoms with Gasteiger partial charge in [-0.05, 0) is 65.7 Å². The third-order valence-electron chi connectivity index (χ3n) is 10.3. The summed E-state index contributed by atoms with van der Waals surface area (Å²) in [5.74, 6) is 0.657. The van der Waals surface area contributed by atoms with E-state index in [1.807, 2.05) is 12.1 Å². The zero-order valence-corrected chi connectivity index (χ0v) is 28.0. The average Bonchev–Trinajstić information content (AvgIpc) is 3.76. The van der Waals surface area contributed by atoms with Gasteiger partial charge in [0.1, 0.15) is 0 Å². The summed E-state index contributed by atoms with van der Waals surface area (Å²) < 4.78 is 4.50. The van der Waals surface area contributed by atoms with Crippen molar-refractivity contribution in [1.82, 2.24) is 24.1 Å². The molecule has 9 aromatic rings. The fourth-order valence-corrected chi connectivity index (χ4v) is 7.91. The van der Waals surface area contributed by atoms with Crippen molar-refractivity contribution >= 4 is 54.5 Å². The first-order valence-electron chi connectivity index (χ1n) is 17.5. The second-order valence-corrected chi connectivity index (χ2v) is 13.3. The van der Waals surface area contributed by atoms with Gasteiger partial charge in [-0.15, -0.1) is 0 Å². The van der Waals surface area contributed by atoms with Crippen LogP contribution < -0.4 is 0 Å². The summed E-state index contributed by atoms with van der Waals surface area (Å²) >= 11 is 0. The molecule has 2 aliphatic heterocycles.